The van der Waals surface area contributed by atoms with Crippen molar-refractivity contribution in [2.75, 3.05) is 20.2 Å². The first-order valence-electron chi connectivity index (χ1n) is 7.98. The molecule has 0 radical (unpaired) electrons. The van der Waals surface area contributed by atoms with E-state index in [0.29, 0.717) is 0 Å². The van der Waals surface area contributed by atoms with Crippen molar-refractivity contribution >= 4 is 11.3 Å². The van der Waals surface area contributed by atoms with E-state index < -0.39 is 0 Å². The number of hydrogen-bond acceptors (Lipinski definition) is 6. The van der Waals surface area contributed by atoms with Gasteiger partial charge in [0, 0.05) is 41.5 Å². The second-order valence-corrected chi connectivity index (χ2v) is 7.47. The Morgan fingerprint density at radius 3 is 3.18 bits per heavy atom. The van der Waals surface area contributed by atoms with E-state index in [-0.39, 0.29) is 11.6 Å². The quantitative estimate of drug-likeness (QED) is 0.580. The number of nitrogens with two attached hydrogens (primary N) is 2. The molecule has 3 rings (SSSR count). The first-order chi connectivity index (χ1) is 10.5. The van der Waals surface area contributed by atoms with Crippen LogP contribution in [0.3, 0.4) is 0 Å². The fraction of sp³-hybridized carbons (Fsp3) is 0.625. The monoisotopic (exact) mass is 322 g/mol. The van der Waals surface area contributed by atoms with Crippen LogP contribution >= 0.6 is 11.3 Å². The van der Waals surface area contributed by atoms with Crippen LogP contribution in [0, 0.1) is 0 Å². The number of hydrogen-bond donors (Lipinski definition) is 3. The van der Waals surface area contributed by atoms with Gasteiger partial charge >= 0.3 is 0 Å². The number of ether oxygens (including phenoxy) is 1. The van der Waals surface area contributed by atoms with Gasteiger partial charge in [0.15, 0.2) is 0 Å². The fourth-order valence-electron chi connectivity index (χ4n) is 3.54. The summed E-state index contributed by atoms with van der Waals surface area (Å²) in [6.07, 6.45) is 5.79. The maximum absolute atomic E-state index is 6.32. The lowest BCUT2D eigenvalue weighted by Crippen LogP contribution is -2.51. The van der Waals surface area contributed by atoms with Crippen molar-refractivity contribution in [3.05, 3.63) is 33.3 Å². The van der Waals surface area contributed by atoms with Crippen molar-refractivity contribution in [1.29, 1.82) is 0 Å². The van der Waals surface area contributed by atoms with Crippen molar-refractivity contribution in [3.8, 4) is 0 Å². The minimum Gasteiger partial charge on any atom is -0.400 e. The van der Waals surface area contributed by atoms with E-state index in [1.165, 1.54) is 20.3 Å². The van der Waals surface area contributed by atoms with Gasteiger partial charge in [-0.25, -0.2) is 5.84 Å². The predicted octanol–water partition coefficient (Wildman–Crippen LogP) is 1.44. The molecule has 0 saturated carbocycles. The zero-order valence-corrected chi connectivity index (χ0v) is 14.2. The molecule has 2 aliphatic rings. The van der Waals surface area contributed by atoms with Crippen LogP contribution in [0.4, 0.5) is 0 Å². The summed E-state index contributed by atoms with van der Waals surface area (Å²) >= 11 is 1.95. The van der Waals surface area contributed by atoms with E-state index in [4.69, 9.17) is 16.3 Å². The van der Waals surface area contributed by atoms with E-state index in [2.05, 4.69) is 18.3 Å². The molecule has 2 aliphatic heterocycles. The third-order valence-electron chi connectivity index (χ3n) is 4.62. The number of rotatable bonds is 3. The van der Waals surface area contributed by atoms with Crippen molar-refractivity contribution in [1.82, 2.24) is 10.3 Å². The molecule has 5 nitrogen and oxygen atoms in total. The first-order valence-corrected chi connectivity index (χ1v) is 8.80. The van der Waals surface area contributed by atoms with Crippen LogP contribution in [0.15, 0.2) is 18.0 Å². The van der Waals surface area contributed by atoms with Gasteiger partial charge in [-0.15, -0.1) is 11.3 Å². The van der Waals surface area contributed by atoms with Crippen LogP contribution in [-0.2, 0) is 23.2 Å². The van der Waals surface area contributed by atoms with E-state index in [1.807, 2.05) is 11.3 Å². The summed E-state index contributed by atoms with van der Waals surface area (Å²) < 4.78 is 6.32. The number of nitrogens with one attached hydrogen (secondary N) is 1. The predicted molar refractivity (Wildman–Crippen MR) is 90.3 cm³/mol. The van der Waals surface area contributed by atoms with Crippen LogP contribution in [0.2, 0.25) is 0 Å². The van der Waals surface area contributed by atoms with Gasteiger partial charge in [0.2, 0.25) is 0 Å². The second-order valence-electron chi connectivity index (χ2n) is 6.25. The summed E-state index contributed by atoms with van der Waals surface area (Å²) in [4.78, 5) is 2.96. The molecule has 1 aromatic rings. The van der Waals surface area contributed by atoms with Gasteiger partial charge in [0.25, 0.3) is 0 Å². The molecule has 22 heavy (non-hydrogen) atoms. The number of fused-ring (bicyclic) bond motifs is 2. The summed E-state index contributed by atoms with van der Waals surface area (Å²) in [7, 11) is 1.78. The number of thiophene rings is 1. The highest BCUT2D eigenvalue weighted by Gasteiger charge is 2.43. The van der Waals surface area contributed by atoms with Crippen LogP contribution in [0.5, 0.6) is 0 Å². The van der Waals surface area contributed by atoms with Gasteiger partial charge in [-0.3, -0.25) is 0 Å². The molecule has 1 spiro atoms. The number of aryl methyl sites for hydroxylation is 1. The molecule has 0 aromatic carbocycles. The minimum absolute atomic E-state index is 0.107. The standard InChI is InChI=1S/C16H26N4OS/c1-3-11-8-12-15(22-11)4-7-21-16(12)5-6-19-14(9-16)13(17)10-20(2)18/h8,10,14,19H,3-7,9,17-18H2,1-2H3/b13-10-. The molecule has 6 heteroatoms. The highest BCUT2D eigenvalue weighted by molar-refractivity contribution is 7.12. The Hall–Kier alpha value is -1.08. The molecule has 0 aliphatic carbocycles. The molecular weight excluding hydrogens is 296 g/mol. The van der Waals surface area contributed by atoms with Gasteiger partial charge in [0.1, 0.15) is 0 Å². The molecule has 1 saturated heterocycles. The zero-order chi connectivity index (χ0) is 15.7. The van der Waals surface area contributed by atoms with E-state index in [0.717, 1.165) is 44.5 Å². The lowest BCUT2D eigenvalue weighted by atomic mass is 9.79. The molecule has 1 aromatic heterocycles. The maximum atomic E-state index is 6.32. The van der Waals surface area contributed by atoms with Gasteiger partial charge in [-0.05, 0) is 31.0 Å². The normalized spacial score (nSPS) is 28.7. The molecule has 0 amide bonds. The van der Waals surface area contributed by atoms with Crippen LogP contribution in [0.25, 0.3) is 0 Å². The average Bonchev–Trinajstić information content (AvgIpc) is 2.92. The highest BCUT2D eigenvalue weighted by atomic mass is 32.1. The Balaban J connectivity index is 1.89. The molecule has 0 bridgehead atoms. The van der Waals surface area contributed by atoms with Crippen LogP contribution in [-0.4, -0.2) is 31.3 Å². The Morgan fingerprint density at radius 2 is 2.45 bits per heavy atom. The molecule has 122 valence electrons. The largest absolute Gasteiger partial charge is 0.400 e. The number of nitrogens with zero attached hydrogens (tertiary/aromatic N) is 1. The molecule has 1 fully saturated rings. The van der Waals surface area contributed by atoms with E-state index >= 15 is 0 Å². The van der Waals surface area contributed by atoms with Crippen molar-refractivity contribution in [3.63, 3.8) is 0 Å². The Morgan fingerprint density at radius 1 is 1.64 bits per heavy atom. The maximum Gasteiger partial charge on any atom is 0.0973 e. The molecule has 2 unspecified atom stereocenters. The van der Waals surface area contributed by atoms with Gasteiger partial charge < -0.3 is 20.8 Å². The lowest BCUT2D eigenvalue weighted by molar-refractivity contribution is -0.0858. The SMILES string of the molecule is CCc1cc2c(s1)CCOC21CCNC(/C(N)=C/N(C)N)C1. The molecule has 2 atom stereocenters. The van der Waals surface area contributed by atoms with E-state index in [9.17, 15) is 0 Å². The fourth-order valence-corrected chi connectivity index (χ4v) is 4.71. The average molecular weight is 322 g/mol. The third-order valence-corrected chi connectivity index (χ3v) is 5.95. The number of piperidine rings is 1. The summed E-state index contributed by atoms with van der Waals surface area (Å²) in [5.41, 5.74) is 8.21. The van der Waals surface area contributed by atoms with Gasteiger partial charge in [-0.1, -0.05) is 6.92 Å². The van der Waals surface area contributed by atoms with Crippen LogP contribution in [0.1, 0.15) is 35.1 Å². The number of hydrazine groups is 1. The Kier molecular flexibility index (Phi) is 4.45. The molecular formula is C16H26N4OS. The first kappa shape index (κ1) is 15.8. The van der Waals surface area contributed by atoms with Gasteiger partial charge in [-0.2, -0.15) is 0 Å². The zero-order valence-electron chi connectivity index (χ0n) is 13.4. The van der Waals surface area contributed by atoms with E-state index in [1.54, 1.807) is 13.2 Å². The summed E-state index contributed by atoms with van der Waals surface area (Å²) in [6, 6.07) is 2.46. The van der Waals surface area contributed by atoms with Crippen molar-refractivity contribution in [2.24, 2.45) is 11.6 Å². The topological polar surface area (TPSA) is 76.5 Å². The second kappa shape index (κ2) is 6.20. The summed E-state index contributed by atoms with van der Waals surface area (Å²) in [6.45, 7) is 3.93. The molecule has 5 N–H and O–H groups in total. The highest BCUT2D eigenvalue weighted by Crippen LogP contribution is 2.45. The summed E-state index contributed by atoms with van der Waals surface area (Å²) in [5, 5.41) is 5.00. The van der Waals surface area contributed by atoms with Crippen LogP contribution < -0.4 is 16.9 Å². The lowest BCUT2D eigenvalue weighted by Gasteiger charge is -2.44. The molecule has 3 heterocycles. The van der Waals surface area contributed by atoms with Crippen molar-refractivity contribution < 1.29 is 4.74 Å². The third kappa shape index (κ3) is 2.88. The minimum atomic E-state index is -0.181. The Bertz CT molecular complexity index is 568. The smallest absolute Gasteiger partial charge is 0.0973 e. The van der Waals surface area contributed by atoms with Crippen molar-refractivity contribution in [2.45, 2.75) is 44.2 Å². The van der Waals surface area contributed by atoms with Gasteiger partial charge in [0.05, 0.1) is 18.2 Å². The Labute approximate surface area is 136 Å². The summed E-state index contributed by atoms with van der Waals surface area (Å²) in [5.74, 6) is 5.69.